The largest absolute Gasteiger partial charge is 0.469 e. The van der Waals surface area contributed by atoms with Gasteiger partial charge in [-0.15, -0.1) is 0 Å². The van der Waals surface area contributed by atoms with Crippen molar-refractivity contribution in [2.75, 3.05) is 14.2 Å². The Kier molecular flexibility index (Phi) is 8.09. The molecule has 1 aromatic rings. The van der Waals surface area contributed by atoms with Crippen LogP contribution in [0.4, 0.5) is 4.79 Å². The summed E-state index contributed by atoms with van der Waals surface area (Å²) in [6, 6.07) is 8.33. The van der Waals surface area contributed by atoms with Gasteiger partial charge in [-0.05, 0) is 39.2 Å². The number of rotatable bonds is 7. The third kappa shape index (κ3) is 7.55. The first-order valence-corrected chi connectivity index (χ1v) is 8.35. The lowest BCUT2D eigenvalue weighted by molar-refractivity contribution is -0.148. The minimum Gasteiger partial charge on any atom is -0.469 e. The zero-order valence-electron chi connectivity index (χ0n) is 15.9. The van der Waals surface area contributed by atoms with E-state index in [1.807, 2.05) is 30.3 Å². The number of amides is 1. The van der Waals surface area contributed by atoms with Crippen molar-refractivity contribution >= 4 is 18.0 Å². The first kappa shape index (κ1) is 21.5. The number of carbonyl (C=O) groups excluding carboxylic acids is 3. The predicted molar refractivity (Wildman–Crippen MR) is 95.4 cm³/mol. The van der Waals surface area contributed by atoms with E-state index in [0.29, 0.717) is 6.42 Å². The van der Waals surface area contributed by atoms with Crippen LogP contribution in [0.5, 0.6) is 0 Å². The van der Waals surface area contributed by atoms with Crippen LogP contribution in [0.2, 0.25) is 0 Å². The van der Waals surface area contributed by atoms with Gasteiger partial charge in [0.15, 0.2) is 0 Å². The lowest BCUT2D eigenvalue weighted by Crippen LogP contribution is -2.46. The molecular formula is C19H27NO6. The highest BCUT2D eigenvalue weighted by Crippen LogP contribution is 2.17. The van der Waals surface area contributed by atoms with E-state index in [9.17, 15) is 14.4 Å². The van der Waals surface area contributed by atoms with Crippen molar-refractivity contribution in [1.29, 1.82) is 0 Å². The van der Waals surface area contributed by atoms with Crippen molar-refractivity contribution in [1.82, 2.24) is 5.32 Å². The monoisotopic (exact) mass is 365 g/mol. The smallest absolute Gasteiger partial charge is 0.408 e. The number of esters is 2. The number of hydrogen-bond donors (Lipinski definition) is 1. The summed E-state index contributed by atoms with van der Waals surface area (Å²) in [4.78, 5) is 36.2. The second kappa shape index (κ2) is 9.79. The maximum absolute atomic E-state index is 12.2. The highest BCUT2D eigenvalue weighted by atomic mass is 16.6. The minimum absolute atomic E-state index is 0.0352. The van der Waals surface area contributed by atoms with Crippen LogP contribution in [-0.2, 0) is 30.2 Å². The molecule has 0 aliphatic rings. The van der Waals surface area contributed by atoms with Gasteiger partial charge >= 0.3 is 18.0 Å². The molecule has 0 saturated carbocycles. The Hall–Kier alpha value is -2.57. The SMILES string of the molecule is COC(=O)C(Cc1ccccc1)C[C@@H](NC(=O)OC(C)(C)C)C(=O)OC. The molecule has 0 saturated heterocycles. The summed E-state index contributed by atoms with van der Waals surface area (Å²) < 4.78 is 14.8. The Balaban J connectivity index is 2.90. The molecule has 1 aromatic carbocycles. The van der Waals surface area contributed by atoms with Gasteiger partial charge in [-0.3, -0.25) is 4.79 Å². The molecule has 26 heavy (non-hydrogen) atoms. The van der Waals surface area contributed by atoms with Crippen molar-refractivity contribution in [2.45, 2.75) is 45.3 Å². The van der Waals surface area contributed by atoms with Gasteiger partial charge in [0.25, 0.3) is 0 Å². The van der Waals surface area contributed by atoms with Crippen LogP contribution in [0.1, 0.15) is 32.8 Å². The van der Waals surface area contributed by atoms with E-state index in [4.69, 9.17) is 14.2 Å². The number of methoxy groups -OCH3 is 2. The van der Waals surface area contributed by atoms with Crippen molar-refractivity contribution in [3.63, 3.8) is 0 Å². The number of alkyl carbamates (subject to hydrolysis) is 1. The molecule has 0 aliphatic carbocycles. The summed E-state index contributed by atoms with van der Waals surface area (Å²) in [6.45, 7) is 5.14. The van der Waals surface area contributed by atoms with Gasteiger partial charge in [-0.1, -0.05) is 30.3 Å². The molecule has 1 N–H and O–H groups in total. The summed E-state index contributed by atoms with van der Waals surface area (Å²) in [5.74, 6) is -1.74. The Bertz CT molecular complexity index is 608. The van der Waals surface area contributed by atoms with Gasteiger partial charge in [-0.25, -0.2) is 9.59 Å². The Morgan fingerprint density at radius 1 is 1.00 bits per heavy atom. The third-order valence-corrected chi connectivity index (χ3v) is 3.56. The summed E-state index contributed by atoms with van der Waals surface area (Å²) in [5.41, 5.74) is 0.208. The number of carbonyl (C=O) groups is 3. The Morgan fingerprint density at radius 3 is 2.08 bits per heavy atom. The molecular weight excluding hydrogens is 338 g/mol. The van der Waals surface area contributed by atoms with Gasteiger partial charge in [0.1, 0.15) is 11.6 Å². The highest BCUT2D eigenvalue weighted by molar-refractivity contribution is 5.82. The molecule has 1 unspecified atom stereocenters. The van der Waals surface area contributed by atoms with E-state index in [-0.39, 0.29) is 6.42 Å². The molecule has 2 atom stereocenters. The second-order valence-corrected chi connectivity index (χ2v) is 6.87. The molecule has 7 heteroatoms. The minimum atomic E-state index is -1.03. The standard InChI is InChI=1S/C19H27NO6/c1-19(2,3)26-18(23)20-15(17(22)25-5)12-14(16(21)24-4)11-13-9-7-6-8-10-13/h6-10,14-15H,11-12H2,1-5H3,(H,20,23)/t14?,15-/m1/s1. The molecule has 1 rings (SSSR count). The Morgan fingerprint density at radius 2 is 1.58 bits per heavy atom. The first-order chi connectivity index (χ1) is 12.2. The van der Waals surface area contributed by atoms with Crippen molar-refractivity contribution in [3.8, 4) is 0 Å². The normalized spacial score (nSPS) is 13.3. The van der Waals surface area contributed by atoms with E-state index in [0.717, 1.165) is 5.56 Å². The van der Waals surface area contributed by atoms with Crippen LogP contribution in [0.3, 0.4) is 0 Å². The van der Waals surface area contributed by atoms with Gasteiger partial charge in [-0.2, -0.15) is 0 Å². The van der Waals surface area contributed by atoms with Gasteiger partial charge < -0.3 is 19.5 Å². The zero-order valence-corrected chi connectivity index (χ0v) is 15.9. The molecule has 0 spiro atoms. The summed E-state index contributed by atoms with van der Waals surface area (Å²) in [6.07, 6.45) is -0.346. The van der Waals surface area contributed by atoms with Crippen LogP contribution < -0.4 is 5.32 Å². The summed E-state index contributed by atoms with van der Waals surface area (Å²) in [5, 5.41) is 2.48. The van der Waals surface area contributed by atoms with E-state index in [1.54, 1.807) is 20.8 Å². The quantitative estimate of drug-likeness (QED) is 0.590. The molecule has 0 aromatic heterocycles. The van der Waals surface area contributed by atoms with Crippen LogP contribution in [0.25, 0.3) is 0 Å². The maximum atomic E-state index is 12.2. The van der Waals surface area contributed by atoms with E-state index >= 15 is 0 Å². The topological polar surface area (TPSA) is 90.9 Å². The van der Waals surface area contributed by atoms with Crippen molar-refractivity contribution in [2.24, 2.45) is 5.92 Å². The number of ether oxygens (including phenoxy) is 3. The first-order valence-electron chi connectivity index (χ1n) is 8.35. The van der Waals surface area contributed by atoms with Crippen LogP contribution in [-0.4, -0.2) is 43.9 Å². The maximum Gasteiger partial charge on any atom is 0.408 e. The second-order valence-electron chi connectivity index (χ2n) is 6.87. The molecule has 0 radical (unpaired) electrons. The van der Waals surface area contributed by atoms with Crippen LogP contribution >= 0.6 is 0 Å². The van der Waals surface area contributed by atoms with Gasteiger partial charge in [0.2, 0.25) is 0 Å². The highest BCUT2D eigenvalue weighted by Gasteiger charge is 2.31. The molecule has 0 heterocycles. The van der Waals surface area contributed by atoms with Crippen molar-refractivity contribution in [3.05, 3.63) is 35.9 Å². The average Bonchev–Trinajstić information content (AvgIpc) is 2.58. The summed E-state index contributed by atoms with van der Waals surface area (Å²) in [7, 11) is 2.51. The fourth-order valence-corrected chi connectivity index (χ4v) is 2.42. The fraction of sp³-hybridized carbons (Fsp3) is 0.526. The number of nitrogens with one attached hydrogen (secondary N) is 1. The predicted octanol–water partition coefficient (Wildman–Crippen LogP) is 2.47. The van der Waals surface area contributed by atoms with Crippen molar-refractivity contribution < 1.29 is 28.6 Å². The fourth-order valence-electron chi connectivity index (χ4n) is 2.42. The molecule has 144 valence electrons. The molecule has 7 nitrogen and oxygen atoms in total. The number of hydrogen-bond acceptors (Lipinski definition) is 6. The van der Waals surface area contributed by atoms with E-state index in [2.05, 4.69) is 5.32 Å². The van der Waals surface area contributed by atoms with E-state index in [1.165, 1.54) is 14.2 Å². The van der Waals surface area contributed by atoms with Gasteiger partial charge in [0.05, 0.1) is 20.1 Å². The zero-order chi connectivity index (χ0) is 19.7. The Labute approximate surface area is 154 Å². The summed E-state index contributed by atoms with van der Waals surface area (Å²) >= 11 is 0. The third-order valence-electron chi connectivity index (χ3n) is 3.56. The number of benzene rings is 1. The van der Waals surface area contributed by atoms with Crippen LogP contribution in [0.15, 0.2) is 30.3 Å². The van der Waals surface area contributed by atoms with Crippen LogP contribution in [0, 0.1) is 5.92 Å². The lowest BCUT2D eigenvalue weighted by atomic mass is 9.92. The lowest BCUT2D eigenvalue weighted by Gasteiger charge is -2.24. The molecule has 0 aliphatic heterocycles. The molecule has 0 fully saturated rings. The van der Waals surface area contributed by atoms with Gasteiger partial charge in [0, 0.05) is 0 Å². The molecule has 0 bridgehead atoms. The van der Waals surface area contributed by atoms with E-state index < -0.39 is 35.6 Å². The average molecular weight is 365 g/mol. The molecule has 1 amide bonds.